The molecule has 3 rings (SSSR count). The normalized spacial score (nSPS) is 23.5. The highest BCUT2D eigenvalue weighted by Crippen LogP contribution is 2.59. The van der Waals surface area contributed by atoms with Crippen molar-refractivity contribution < 1.29 is 9.59 Å². The van der Waals surface area contributed by atoms with Crippen LogP contribution in [-0.2, 0) is 4.79 Å². The fourth-order valence-electron chi connectivity index (χ4n) is 4.26. The number of hydrogen-bond acceptors (Lipinski definition) is 3. The van der Waals surface area contributed by atoms with Crippen molar-refractivity contribution in [3.05, 3.63) is 35.4 Å². The van der Waals surface area contributed by atoms with E-state index in [9.17, 15) is 9.59 Å². The highest BCUT2D eigenvalue weighted by Gasteiger charge is 2.60. The Morgan fingerprint density at radius 2 is 1.85 bits per heavy atom. The van der Waals surface area contributed by atoms with Crippen LogP contribution in [0.4, 0.5) is 11.4 Å². The van der Waals surface area contributed by atoms with Crippen molar-refractivity contribution in [3.8, 4) is 0 Å². The molecule has 146 valence electrons. The van der Waals surface area contributed by atoms with Crippen LogP contribution in [0.15, 0.2) is 29.8 Å². The van der Waals surface area contributed by atoms with Crippen molar-refractivity contribution in [2.45, 2.75) is 47.0 Å². The van der Waals surface area contributed by atoms with Crippen LogP contribution in [0.5, 0.6) is 0 Å². The molecule has 1 saturated carbocycles. The molecule has 2 amide bonds. The first-order chi connectivity index (χ1) is 12.7. The third kappa shape index (κ3) is 4.02. The van der Waals surface area contributed by atoms with E-state index in [1.165, 1.54) is 12.0 Å². The number of nitrogens with zero attached hydrogens (tertiary/aromatic N) is 1. The van der Waals surface area contributed by atoms with Crippen LogP contribution < -0.4 is 16.0 Å². The predicted octanol–water partition coefficient (Wildman–Crippen LogP) is 3.95. The largest absolute Gasteiger partial charge is 0.370 e. The summed E-state index contributed by atoms with van der Waals surface area (Å²) in [6.07, 6.45) is 5.71. The maximum absolute atomic E-state index is 13.0. The number of rotatable bonds is 5. The summed E-state index contributed by atoms with van der Waals surface area (Å²) >= 11 is 0. The first-order valence-electron chi connectivity index (χ1n) is 9.86. The van der Waals surface area contributed by atoms with Gasteiger partial charge in [0.2, 0.25) is 11.8 Å². The maximum atomic E-state index is 13.0. The van der Waals surface area contributed by atoms with E-state index in [1.807, 2.05) is 6.07 Å². The van der Waals surface area contributed by atoms with Gasteiger partial charge >= 0.3 is 0 Å². The summed E-state index contributed by atoms with van der Waals surface area (Å²) in [7, 11) is 0. The molecule has 1 aromatic rings. The molecule has 5 heteroatoms. The van der Waals surface area contributed by atoms with Gasteiger partial charge in [0.15, 0.2) is 0 Å². The molecular formula is C22H31N3O2. The highest BCUT2D eigenvalue weighted by atomic mass is 16.2. The number of carbonyl (C=O) groups is 2. The molecule has 3 N–H and O–H groups in total. The van der Waals surface area contributed by atoms with E-state index in [0.29, 0.717) is 11.3 Å². The van der Waals surface area contributed by atoms with E-state index in [4.69, 9.17) is 5.73 Å². The fraction of sp³-hybridized carbons (Fsp3) is 0.545. The Morgan fingerprint density at radius 1 is 1.19 bits per heavy atom. The molecule has 27 heavy (non-hydrogen) atoms. The summed E-state index contributed by atoms with van der Waals surface area (Å²) in [5.41, 5.74) is 8.73. The number of benzene rings is 1. The molecule has 0 radical (unpaired) electrons. The molecule has 2 atom stereocenters. The minimum atomic E-state index is -0.482. The number of amides is 2. The monoisotopic (exact) mass is 369 g/mol. The second-order valence-electron chi connectivity index (χ2n) is 8.70. The van der Waals surface area contributed by atoms with Crippen LogP contribution in [0.1, 0.15) is 57.3 Å². The third-order valence-corrected chi connectivity index (χ3v) is 5.94. The van der Waals surface area contributed by atoms with Gasteiger partial charge in [0.05, 0.1) is 17.3 Å². The maximum Gasteiger partial charge on any atom is 0.248 e. The summed E-state index contributed by atoms with van der Waals surface area (Å²) in [5, 5.41) is 3.11. The van der Waals surface area contributed by atoms with Crippen LogP contribution in [0.25, 0.3) is 0 Å². The van der Waals surface area contributed by atoms with Crippen LogP contribution in [0, 0.1) is 17.3 Å². The zero-order valence-electron chi connectivity index (χ0n) is 16.8. The van der Waals surface area contributed by atoms with Crippen LogP contribution in [-0.4, -0.2) is 24.9 Å². The molecule has 5 nitrogen and oxygen atoms in total. The van der Waals surface area contributed by atoms with E-state index in [2.05, 4.69) is 44.0 Å². The minimum Gasteiger partial charge on any atom is -0.370 e. The van der Waals surface area contributed by atoms with Crippen molar-refractivity contribution in [2.24, 2.45) is 23.0 Å². The molecule has 1 aliphatic carbocycles. The number of anilines is 2. The van der Waals surface area contributed by atoms with Crippen LogP contribution in [0.2, 0.25) is 0 Å². The molecule has 0 bridgehead atoms. The van der Waals surface area contributed by atoms with Crippen LogP contribution >= 0.6 is 0 Å². The fourth-order valence-corrected chi connectivity index (χ4v) is 4.26. The second-order valence-corrected chi connectivity index (χ2v) is 8.70. The average Bonchev–Trinajstić information content (AvgIpc) is 3.15. The Morgan fingerprint density at radius 3 is 2.44 bits per heavy atom. The Bertz CT molecular complexity index is 772. The van der Waals surface area contributed by atoms with E-state index in [-0.39, 0.29) is 23.2 Å². The number of hydrogen-bond donors (Lipinski definition) is 2. The van der Waals surface area contributed by atoms with Gasteiger partial charge in [-0.15, -0.1) is 0 Å². The van der Waals surface area contributed by atoms with Gasteiger partial charge in [0.25, 0.3) is 0 Å². The van der Waals surface area contributed by atoms with Crippen LogP contribution in [0.3, 0.4) is 0 Å². The zero-order chi connectivity index (χ0) is 19.8. The lowest BCUT2D eigenvalue weighted by atomic mass is 10.1. The quantitative estimate of drug-likeness (QED) is 0.772. The third-order valence-electron chi connectivity index (χ3n) is 5.94. The highest BCUT2D eigenvalue weighted by molar-refractivity contribution is 6.01. The van der Waals surface area contributed by atoms with Crippen molar-refractivity contribution in [3.63, 3.8) is 0 Å². The molecule has 1 aromatic carbocycles. The van der Waals surface area contributed by atoms with Crippen molar-refractivity contribution in [1.82, 2.24) is 0 Å². The molecule has 1 aliphatic heterocycles. The number of primary amides is 1. The first kappa shape index (κ1) is 19.5. The first-order valence-corrected chi connectivity index (χ1v) is 9.86. The van der Waals surface area contributed by atoms with Gasteiger partial charge in [-0.1, -0.05) is 25.5 Å². The summed E-state index contributed by atoms with van der Waals surface area (Å²) in [6, 6.07) is 5.37. The van der Waals surface area contributed by atoms with Crippen molar-refractivity contribution in [1.29, 1.82) is 0 Å². The van der Waals surface area contributed by atoms with E-state index in [1.54, 1.807) is 12.1 Å². The average molecular weight is 370 g/mol. The van der Waals surface area contributed by atoms with Gasteiger partial charge in [0.1, 0.15) is 0 Å². The molecule has 2 fully saturated rings. The van der Waals surface area contributed by atoms with Crippen molar-refractivity contribution >= 4 is 23.2 Å². The van der Waals surface area contributed by atoms with E-state index in [0.717, 1.165) is 31.6 Å². The Labute approximate surface area is 162 Å². The Balaban J connectivity index is 1.86. The lowest BCUT2D eigenvalue weighted by molar-refractivity contribution is -0.118. The molecule has 1 saturated heterocycles. The lowest BCUT2D eigenvalue weighted by Crippen LogP contribution is -2.31. The molecular weight excluding hydrogens is 338 g/mol. The van der Waals surface area contributed by atoms with Gasteiger partial charge < -0.3 is 16.0 Å². The standard InChI is InChI=1S/C22H31N3O2/c1-14(2)12-16-19(22(16,3)4)21(27)24-17-13-15(20(23)26)8-9-18(17)25-10-6-5-7-11-25/h8-9,12-13,16,19H,5-7,10-11H2,1-4H3,(H2,23,26)(H,24,27)/t16-,19-/m0/s1. The Kier molecular flexibility index (Phi) is 5.31. The smallest absolute Gasteiger partial charge is 0.248 e. The molecule has 2 aliphatic rings. The molecule has 0 aromatic heterocycles. The molecule has 0 spiro atoms. The Hall–Kier alpha value is -2.30. The zero-order valence-corrected chi connectivity index (χ0v) is 16.8. The van der Waals surface area contributed by atoms with E-state index < -0.39 is 5.91 Å². The summed E-state index contributed by atoms with van der Waals surface area (Å²) in [4.78, 5) is 26.9. The summed E-state index contributed by atoms with van der Waals surface area (Å²) < 4.78 is 0. The van der Waals surface area contributed by atoms with Gasteiger partial charge in [-0.3, -0.25) is 9.59 Å². The van der Waals surface area contributed by atoms with Gasteiger partial charge in [-0.25, -0.2) is 0 Å². The van der Waals surface area contributed by atoms with Gasteiger partial charge in [-0.05, 0) is 62.6 Å². The van der Waals surface area contributed by atoms with Gasteiger partial charge in [0, 0.05) is 18.7 Å². The summed E-state index contributed by atoms with van der Waals surface area (Å²) in [6.45, 7) is 10.3. The predicted molar refractivity (Wildman–Crippen MR) is 110 cm³/mol. The number of nitrogens with one attached hydrogen (secondary N) is 1. The molecule has 1 heterocycles. The lowest BCUT2D eigenvalue weighted by Gasteiger charge is -2.30. The van der Waals surface area contributed by atoms with Gasteiger partial charge in [-0.2, -0.15) is 0 Å². The second kappa shape index (κ2) is 7.37. The topological polar surface area (TPSA) is 75.4 Å². The SMILES string of the molecule is CC(C)=C[C@H]1[C@@H](C(=O)Nc2cc(C(N)=O)ccc2N2CCCCC2)C1(C)C. The van der Waals surface area contributed by atoms with E-state index >= 15 is 0 Å². The minimum absolute atomic E-state index is 0.0161. The number of allylic oxidation sites excluding steroid dienone is 2. The number of carbonyl (C=O) groups excluding carboxylic acids is 2. The number of piperidine rings is 1. The summed E-state index contributed by atoms with van der Waals surface area (Å²) in [5.74, 6) is -0.272. The van der Waals surface area contributed by atoms with Crippen molar-refractivity contribution in [2.75, 3.05) is 23.3 Å². The number of nitrogens with two attached hydrogens (primary N) is 1. The molecule has 0 unspecified atom stereocenters.